The van der Waals surface area contributed by atoms with Gasteiger partial charge < -0.3 is 15.1 Å². The van der Waals surface area contributed by atoms with Crippen LogP contribution in [-0.2, 0) is 11.3 Å². The van der Waals surface area contributed by atoms with Gasteiger partial charge in [0.05, 0.1) is 6.26 Å². The molecule has 0 bridgehead atoms. The fourth-order valence-corrected chi connectivity index (χ4v) is 1.64. The smallest absolute Gasteiger partial charge is 0.459 e. The van der Waals surface area contributed by atoms with Crippen LogP contribution in [0.1, 0.15) is 16.1 Å². The second kappa shape index (κ2) is 6.33. The largest absolute Gasteiger partial charge is 0.471 e. The highest BCUT2D eigenvalue weighted by atomic mass is 19.4. The SMILES string of the molecule is O=C(NCc1cccc(NC(=O)C(F)(F)F)c1)c1ccco1. The van der Waals surface area contributed by atoms with E-state index in [4.69, 9.17) is 4.42 Å². The van der Waals surface area contributed by atoms with Gasteiger partial charge in [0.2, 0.25) is 0 Å². The number of nitrogens with one attached hydrogen (secondary N) is 2. The number of anilines is 1. The van der Waals surface area contributed by atoms with Crippen molar-refractivity contribution in [3.05, 3.63) is 54.0 Å². The number of carbonyl (C=O) groups is 2. The Bertz CT molecular complexity index is 666. The number of amides is 2. The molecule has 2 N–H and O–H groups in total. The molecule has 0 saturated heterocycles. The first kappa shape index (κ1) is 15.6. The summed E-state index contributed by atoms with van der Waals surface area (Å²) < 4.78 is 41.4. The highest BCUT2D eigenvalue weighted by Gasteiger charge is 2.38. The Morgan fingerprint density at radius 1 is 1.14 bits per heavy atom. The molecule has 5 nitrogen and oxygen atoms in total. The standard InChI is InChI=1S/C14H11F3N2O3/c15-14(16,17)13(21)19-10-4-1-3-9(7-10)8-18-12(20)11-5-2-6-22-11/h1-7H,8H2,(H,18,20)(H,19,21). The first-order valence-electron chi connectivity index (χ1n) is 6.15. The lowest BCUT2D eigenvalue weighted by Crippen LogP contribution is -2.30. The van der Waals surface area contributed by atoms with Crippen molar-refractivity contribution in [1.29, 1.82) is 0 Å². The summed E-state index contributed by atoms with van der Waals surface area (Å²) in [6.07, 6.45) is -3.61. The number of halogens is 3. The molecule has 1 aromatic carbocycles. The number of alkyl halides is 3. The van der Waals surface area contributed by atoms with Crippen LogP contribution in [0.4, 0.5) is 18.9 Å². The molecule has 0 aliphatic heterocycles. The van der Waals surface area contributed by atoms with Gasteiger partial charge >= 0.3 is 12.1 Å². The molecule has 8 heteroatoms. The van der Waals surface area contributed by atoms with E-state index >= 15 is 0 Å². The van der Waals surface area contributed by atoms with Crippen molar-refractivity contribution < 1.29 is 27.2 Å². The van der Waals surface area contributed by atoms with Gasteiger partial charge in [-0.2, -0.15) is 13.2 Å². The second-order valence-electron chi connectivity index (χ2n) is 4.31. The summed E-state index contributed by atoms with van der Waals surface area (Å²) in [5, 5.41) is 4.29. The number of furan rings is 1. The van der Waals surface area contributed by atoms with Crippen molar-refractivity contribution in [2.45, 2.75) is 12.7 Å². The van der Waals surface area contributed by atoms with E-state index in [1.165, 1.54) is 30.5 Å². The zero-order valence-corrected chi connectivity index (χ0v) is 11.1. The quantitative estimate of drug-likeness (QED) is 0.912. The highest BCUT2D eigenvalue weighted by Crippen LogP contribution is 2.19. The molecule has 0 radical (unpaired) electrons. The van der Waals surface area contributed by atoms with Crippen LogP contribution in [0.5, 0.6) is 0 Å². The molecule has 0 fully saturated rings. The Morgan fingerprint density at radius 2 is 1.91 bits per heavy atom. The van der Waals surface area contributed by atoms with Gasteiger partial charge in [-0.1, -0.05) is 12.1 Å². The highest BCUT2D eigenvalue weighted by molar-refractivity contribution is 5.95. The molecule has 0 aliphatic rings. The topological polar surface area (TPSA) is 71.3 Å². The Kier molecular flexibility index (Phi) is 4.50. The van der Waals surface area contributed by atoms with Crippen LogP contribution in [0.2, 0.25) is 0 Å². The van der Waals surface area contributed by atoms with Crippen molar-refractivity contribution in [2.75, 3.05) is 5.32 Å². The molecular formula is C14H11F3N2O3. The van der Waals surface area contributed by atoms with E-state index in [9.17, 15) is 22.8 Å². The zero-order chi connectivity index (χ0) is 16.2. The summed E-state index contributed by atoms with van der Waals surface area (Å²) in [6.45, 7) is 0.0786. The van der Waals surface area contributed by atoms with Gasteiger partial charge in [0.1, 0.15) is 0 Å². The van der Waals surface area contributed by atoms with E-state index in [1.807, 2.05) is 0 Å². The van der Waals surface area contributed by atoms with Gasteiger partial charge in [-0.25, -0.2) is 0 Å². The molecule has 2 aromatic rings. The van der Waals surface area contributed by atoms with Crippen LogP contribution in [-0.4, -0.2) is 18.0 Å². The number of hydrogen-bond acceptors (Lipinski definition) is 3. The summed E-state index contributed by atoms with van der Waals surface area (Å²) in [7, 11) is 0. The van der Waals surface area contributed by atoms with Crippen LogP contribution < -0.4 is 10.6 Å². The molecule has 0 saturated carbocycles. The van der Waals surface area contributed by atoms with Gasteiger partial charge in [0, 0.05) is 12.2 Å². The van der Waals surface area contributed by atoms with Crippen molar-refractivity contribution in [3.8, 4) is 0 Å². The van der Waals surface area contributed by atoms with Crippen molar-refractivity contribution in [1.82, 2.24) is 5.32 Å². The maximum atomic E-state index is 12.2. The van der Waals surface area contributed by atoms with Crippen LogP contribution in [0.15, 0.2) is 47.1 Å². The molecule has 22 heavy (non-hydrogen) atoms. The van der Waals surface area contributed by atoms with Crippen LogP contribution in [0, 0.1) is 0 Å². The Balaban J connectivity index is 1.97. The lowest BCUT2D eigenvalue weighted by molar-refractivity contribution is -0.167. The van der Waals surface area contributed by atoms with E-state index in [-0.39, 0.29) is 18.0 Å². The maximum absolute atomic E-state index is 12.2. The summed E-state index contributed by atoms with van der Waals surface area (Å²) in [5.41, 5.74) is 0.520. The predicted octanol–water partition coefficient (Wildman–Crippen LogP) is 2.71. The third-order valence-electron chi connectivity index (χ3n) is 2.64. The van der Waals surface area contributed by atoms with Gasteiger partial charge in [-0.3, -0.25) is 9.59 Å². The monoisotopic (exact) mass is 312 g/mol. The average Bonchev–Trinajstić information content (AvgIpc) is 2.98. The summed E-state index contributed by atoms with van der Waals surface area (Å²) >= 11 is 0. The number of carbonyl (C=O) groups excluding carboxylic acids is 2. The zero-order valence-electron chi connectivity index (χ0n) is 11.1. The lowest BCUT2D eigenvalue weighted by atomic mass is 10.2. The first-order chi connectivity index (χ1) is 10.4. The molecule has 1 heterocycles. The van der Waals surface area contributed by atoms with Crippen LogP contribution in [0.25, 0.3) is 0 Å². The molecule has 0 spiro atoms. The Labute approximate surface area is 123 Å². The van der Waals surface area contributed by atoms with Crippen molar-refractivity contribution >= 4 is 17.5 Å². The van der Waals surface area contributed by atoms with Gasteiger partial charge in [0.25, 0.3) is 5.91 Å². The van der Waals surface area contributed by atoms with Gasteiger partial charge in [-0.05, 0) is 29.8 Å². The predicted molar refractivity (Wildman–Crippen MR) is 71.0 cm³/mol. The first-order valence-corrected chi connectivity index (χ1v) is 6.15. The number of hydrogen-bond donors (Lipinski definition) is 2. The molecular weight excluding hydrogens is 301 g/mol. The average molecular weight is 312 g/mol. The second-order valence-corrected chi connectivity index (χ2v) is 4.31. The number of rotatable bonds is 4. The molecule has 116 valence electrons. The Morgan fingerprint density at radius 3 is 2.55 bits per heavy atom. The van der Waals surface area contributed by atoms with Crippen molar-refractivity contribution in [2.24, 2.45) is 0 Å². The number of benzene rings is 1. The van der Waals surface area contributed by atoms with Gasteiger partial charge in [0.15, 0.2) is 5.76 Å². The van der Waals surface area contributed by atoms with Crippen LogP contribution in [0.3, 0.4) is 0 Å². The minimum atomic E-state index is -4.95. The lowest BCUT2D eigenvalue weighted by Gasteiger charge is -2.09. The summed E-state index contributed by atoms with van der Waals surface area (Å²) in [6, 6.07) is 8.77. The molecule has 1 aromatic heterocycles. The summed E-state index contributed by atoms with van der Waals surface area (Å²) in [4.78, 5) is 22.5. The van der Waals surface area contributed by atoms with E-state index in [2.05, 4.69) is 5.32 Å². The minimum absolute atomic E-state index is 0.00734. The molecule has 2 rings (SSSR count). The van der Waals surface area contributed by atoms with E-state index in [0.717, 1.165) is 0 Å². The van der Waals surface area contributed by atoms with Crippen LogP contribution >= 0.6 is 0 Å². The normalized spacial score (nSPS) is 11.0. The molecule has 0 atom stereocenters. The van der Waals surface area contributed by atoms with Gasteiger partial charge in [-0.15, -0.1) is 0 Å². The third kappa shape index (κ3) is 4.11. The molecule has 2 amide bonds. The molecule has 0 unspecified atom stereocenters. The minimum Gasteiger partial charge on any atom is -0.459 e. The summed E-state index contributed by atoms with van der Waals surface area (Å²) in [5.74, 6) is -2.37. The maximum Gasteiger partial charge on any atom is 0.471 e. The van der Waals surface area contributed by atoms with Crippen molar-refractivity contribution in [3.63, 3.8) is 0 Å². The fraction of sp³-hybridized carbons (Fsp3) is 0.143. The Hall–Kier alpha value is -2.77. The third-order valence-corrected chi connectivity index (χ3v) is 2.64. The van der Waals surface area contributed by atoms with E-state index < -0.39 is 18.0 Å². The van der Waals surface area contributed by atoms with E-state index in [0.29, 0.717) is 5.56 Å². The fourth-order valence-electron chi connectivity index (χ4n) is 1.64. The van der Waals surface area contributed by atoms with E-state index in [1.54, 1.807) is 17.4 Å². The molecule has 0 aliphatic carbocycles.